The summed E-state index contributed by atoms with van der Waals surface area (Å²) in [6.45, 7) is 10.1. The zero-order chi connectivity index (χ0) is 20.0. The fraction of sp³-hybridized carbons (Fsp3) is 0.409. The zero-order valence-corrected chi connectivity index (χ0v) is 17.0. The molecule has 1 amide bonds. The predicted molar refractivity (Wildman–Crippen MR) is 107 cm³/mol. The minimum atomic E-state index is -0.590. The van der Waals surface area contributed by atoms with Crippen LogP contribution in [0, 0.1) is 20.8 Å². The normalized spacial score (nSPS) is 12.8. The Kier molecular flexibility index (Phi) is 7.11. The third-order valence-corrected chi connectivity index (χ3v) is 4.39. The van der Waals surface area contributed by atoms with Gasteiger partial charge in [-0.1, -0.05) is 6.07 Å². The van der Waals surface area contributed by atoms with Crippen molar-refractivity contribution in [3.05, 3.63) is 53.1 Å². The van der Waals surface area contributed by atoms with E-state index in [0.717, 1.165) is 33.9 Å². The maximum Gasteiger partial charge on any atom is 0.261 e. The first-order valence-corrected chi connectivity index (χ1v) is 9.12. The second kappa shape index (κ2) is 9.31. The summed E-state index contributed by atoms with van der Waals surface area (Å²) in [6.07, 6.45) is -0.590. The molecule has 0 radical (unpaired) electrons. The van der Waals surface area contributed by atoms with Crippen LogP contribution in [0.15, 0.2) is 36.4 Å². The van der Waals surface area contributed by atoms with Crippen molar-refractivity contribution in [1.29, 1.82) is 0 Å². The molecule has 0 spiro atoms. The monoisotopic (exact) mass is 371 g/mol. The zero-order valence-electron chi connectivity index (χ0n) is 17.0. The van der Waals surface area contributed by atoms with Gasteiger partial charge >= 0.3 is 0 Å². The van der Waals surface area contributed by atoms with Crippen LogP contribution < -0.4 is 19.5 Å². The molecule has 2 aromatic carbocycles. The molecule has 0 unspecified atom stereocenters. The summed E-state index contributed by atoms with van der Waals surface area (Å²) >= 11 is 0. The predicted octanol–water partition coefficient (Wildman–Crippen LogP) is 3.97. The molecule has 0 saturated carbocycles. The largest absolute Gasteiger partial charge is 0.497 e. The van der Waals surface area contributed by atoms with Gasteiger partial charge in [-0.2, -0.15) is 0 Å². The SMILES string of the molecule is COc1ccc(OC[C@@H](C)NC(=O)[C@@H](C)Oc2cc(C)cc(C)c2C)cc1. The number of carbonyl (C=O) groups is 1. The third kappa shape index (κ3) is 5.91. The summed E-state index contributed by atoms with van der Waals surface area (Å²) in [5, 5.41) is 2.93. The maximum absolute atomic E-state index is 12.4. The van der Waals surface area contributed by atoms with E-state index in [0.29, 0.717) is 6.61 Å². The summed E-state index contributed by atoms with van der Waals surface area (Å²) in [4.78, 5) is 12.4. The van der Waals surface area contributed by atoms with Gasteiger partial charge in [-0.15, -0.1) is 0 Å². The topological polar surface area (TPSA) is 56.8 Å². The van der Waals surface area contributed by atoms with E-state index >= 15 is 0 Å². The van der Waals surface area contributed by atoms with Crippen LogP contribution in [-0.4, -0.2) is 31.8 Å². The number of ether oxygens (including phenoxy) is 3. The highest BCUT2D eigenvalue weighted by atomic mass is 16.5. The van der Waals surface area contributed by atoms with E-state index < -0.39 is 6.10 Å². The highest BCUT2D eigenvalue weighted by molar-refractivity contribution is 5.81. The molecular formula is C22H29NO4. The fourth-order valence-corrected chi connectivity index (χ4v) is 2.66. The van der Waals surface area contributed by atoms with E-state index in [-0.39, 0.29) is 11.9 Å². The van der Waals surface area contributed by atoms with E-state index in [2.05, 4.69) is 11.4 Å². The van der Waals surface area contributed by atoms with Gasteiger partial charge in [0.05, 0.1) is 13.2 Å². The number of methoxy groups -OCH3 is 1. The summed E-state index contributed by atoms with van der Waals surface area (Å²) in [7, 11) is 1.62. The lowest BCUT2D eigenvalue weighted by Crippen LogP contribution is -2.43. The smallest absolute Gasteiger partial charge is 0.261 e. The van der Waals surface area contributed by atoms with Crippen LogP contribution >= 0.6 is 0 Å². The van der Waals surface area contributed by atoms with Crippen LogP contribution in [-0.2, 0) is 4.79 Å². The summed E-state index contributed by atoms with van der Waals surface area (Å²) in [5.74, 6) is 2.08. The highest BCUT2D eigenvalue weighted by Crippen LogP contribution is 2.24. The molecule has 2 atom stereocenters. The quantitative estimate of drug-likeness (QED) is 0.763. The second-order valence-corrected chi connectivity index (χ2v) is 6.86. The van der Waals surface area contributed by atoms with Crippen molar-refractivity contribution in [3.8, 4) is 17.2 Å². The molecule has 1 N–H and O–H groups in total. The second-order valence-electron chi connectivity index (χ2n) is 6.86. The average Bonchev–Trinajstić information content (AvgIpc) is 2.64. The standard InChI is InChI=1S/C22H29NO4/c1-14-11-15(2)17(4)21(12-14)27-18(5)22(24)23-16(3)13-26-20-9-7-19(25-6)8-10-20/h7-12,16,18H,13H2,1-6H3,(H,23,24)/t16-,18-/m1/s1. The van der Waals surface area contributed by atoms with Crippen LogP contribution in [0.3, 0.4) is 0 Å². The molecule has 5 nitrogen and oxygen atoms in total. The first-order chi connectivity index (χ1) is 12.8. The highest BCUT2D eigenvalue weighted by Gasteiger charge is 2.18. The molecule has 0 fully saturated rings. The van der Waals surface area contributed by atoms with Gasteiger partial charge in [0.2, 0.25) is 0 Å². The van der Waals surface area contributed by atoms with Crippen molar-refractivity contribution in [2.24, 2.45) is 0 Å². The van der Waals surface area contributed by atoms with Gasteiger partial charge in [-0.3, -0.25) is 4.79 Å². The summed E-state index contributed by atoms with van der Waals surface area (Å²) in [6, 6.07) is 11.3. The van der Waals surface area contributed by atoms with Gasteiger partial charge in [-0.25, -0.2) is 0 Å². The Labute approximate surface area is 161 Å². The Hall–Kier alpha value is -2.69. The number of rotatable bonds is 8. The van der Waals surface area contributed by atoms with Crippen LogP contribution in [0.25, 0.3) is 0 Å². The number of carbonyl (C=O) groups excluding carboxylic acids is 1. The summed E-state index contributed by atoms with van der Waals surface area (Å²) < 4.78 is 16.7. The molecule has 0 aromatic heterocycles. The number of benzene rings is 2. The molecular weight excluding hydrogens is 342 g/mol. The third-order valence-electron chi connectivity index (χ3n) is 4.39. The number of hydrogen-bond donors (Lipinski definition) is 1. The molecule has 0 aliphatic heterocycles. The van der Waals surface area contributed by atoms with E-state index in [9.17, 15) is 4.79 Å². The number of amides is 1. The van der Waals surface area contributed by atoms with Gasteiger partial charge in [0.1, 0.15) is 23.9 Å². The molecule has 2 aromatic rings. The molecule has 0 aliphatic carbocycles. The molecule has 0 heterocycles. The lowest BCUT2D eigenvalue weighted by Gasteiger charge is -2.20. The minimum absolute atomic E-state index is 0.147. The van der Waals surface area contributed by atoms with E-state index in [4.69, 9.17) is 14.2 Å². The molecule has 27 heavy (non-hydrogen) atoms. The van der Waals surface area contributed by atoms with Crippen molar-refractivity contribution >= 4 is 5.91 Å². The lowest BCUT2D eigenvalue weighted by atomic mass is 10.1. The lowest BCUT2D eigenvalue weighted by molar-refractivity contribution is -0.128. The van der Waals surface area contributed by atoms with Gasteiger partial charge in [-0.05, 0) is 81.6 Å². The Morgan fingerprint density at radius 3 is 2.30 bits per heavy atom. The van der Waals surface area contributed by atoms with Crippen LogP contribution in [0.1, 0.15) is 30.5 Å². The first kappa shape index (κ1) is 20.6. The number of nitrogens with one attached hydrogen (secondary N) is 1. The van der Waals surface area contributed by atoms with E-state index in [1.807, 2.05) is 58.0 Å². The average molecular weight is 371 g/mol. The summed E-state index contributed by atoms with van der Waals surface area (Å²) in [5.41, 5.74) is 3.32. The van der Waals surface area contributed by atoms with Crippen LogP contribution in [0.4, 0.5) is 0 Å². The van der Waals surface area contributed by atoms with Crippen molar-refractivity contribution in [2.45, 2.75) is 46.8 Å². The van der Waals surface area contributed by atoms with Crippen molar-refractivity contribution in [1.82, 2.24) is 5.32 Å². The maximum atomic E-state index is 12.4. The van der Waals surface area contributed by atoms with Gasteiger partial charge in [0.25, 0.3) is 5.91 Å². The number of hydrogen-bond acceptors (Lipinski definition) is 4. The Bertz CT molecular complexity index is 771. The molecule has 146 valence electrons. The Morgan fingerprint density at radius 1 is 1.04 bits per heavy atom. The van der Waals surface area contributed by atoms with Gasteiger partial charge in [0, 0.05) is 0 Å². The van der Waals surface area contributed by atoms with Crippen molar-refractivity contribution < 1.29 is 19.0 Å². The number of aryl methyl sites for hydroxylation is 2. The molecule has 0 bridgehead atoms. The van der Waals surface area contributed by atoms with Crippen LogP contribution in [0.5, 0.6) is 17.2 Å². The fourth-order valence-electron chi connectivity index (χ4n) is 2.66. The molecule has 2 rings (SSSR count). The molecule has 0 aliphatic rings. The van der Waals surface area contributed by atoms with Gasteiger partial charge < -0.3 is 19.5 Å². The van der Waals surface area contributed by atoms with E-state index in [1.54, 1.807) is 14.0 Å². The van der Waals surface area contributed by atoms with Crippen molar-refractivity contribution in [2.75, 3.05) is 13.7 Å². The van der Waals surface area contributed by atoms with Crippen molar-refractivity contribution in [3.63, 3.8) is 0 Å². The van der Waals surface area contributed by atoms with Gasteiger partial charge in [0.15, 0.2) is 6.10 Å². The Morgan fingerprint density at radius 2 is 1.67 bits per heavy atom. The molecule has 0 saturated heterocycles. The Balaban J connectivity index is 1.86. The minimum Gasteiger partial charge on any atom is -0.497 e. The van der Waals surface area contributed by atoms with Crippen LogP contribution in [0.2, 0.25) is 0 Å². The van der Waals surface area contributed by atoms with E-state index in [1.165, 1.54) is 0 Å². The molecule has 5 heteroatoms. The first-order valence-electron chi connectivity index (χ1n) is 9.12.